The van der Waals surface area contributed by atoms with Crippen LogP contribution in [0.25, 0.3) is 0 Å². The molecule has 0 bridgehead atoms. The van der Waals surface area contributed by atoms with Gasteiger partial charge in [0.1, 0.15) is 11.4 Å². The number of methoxy groups -OCH3 is 1. The van der Waals surface area contributed by atoms with Crippen LogP contribution in [0.15, 0.2) is 11.5 Å². The lowest BCUT2D eigenvalue weighted by atomic mass is 10.1. The summed E-state index contributed by atoms with van der Waals surface area (Å²) in [6.07, 6.45) is -1.45. The Labute approximate surface area is 102 Å². The predicted molar refractivity (Wildman–Crippen MR) is 59.1 cm³/mol. The van der Waals surface area contributed by atoms with E-state index in [1.165, 1.54) is 23.8 Å². The van der Waals surface area contributed by atoms with Crippen molar-refractivity contribution >= 4 is 23.8 Å². The molecule has 1 saturated heterocycles. The molecule has 1 amide bonds. The maximum atomic E-state index is 11.6. The SMILES string of the molecule is COCC1=C(OC(=O)O)N2C(=O)C(N)[C@@H]2SC1. The number of rotatable bonds is 3. The van der Waals surface area contributed by atoms with Gasteiger partial charge in [-0.1, -0.05) is 0 Å². The second-order valence-corrected chi connectivity index (χ2v) is 4.75. The number of amides is 1. The zero-order valence-corrected chi connectivity index (χ0v) is 9.90. The molecule has 2 aliphatic heterocycles. The van der Waals surface area contributed by atoms with E-state index >= 15 is 0 Å². The molecule has 0 aliphatic carbocycles. The Hall–Kier alpha value is -1.25. The molecule has 94 valence electrons. The summed E-state index contributed by atoms with van der Waals surface area (Å²) < 4.78 is 9.61. The number of β-lactam (4-membered cyclic amide) rings is 1. The molecule has 8 heteroatoms. The maximum Gasteiger partial charge on any atom is 0.512 e. The van der Waals surface area contributed by atoms with Gasteiger partial charge in [-0.15, -0.1) is 11.8 Å². The minimum Gasteiger partial charge on any atom is -0.449 e. The Morgan fingerprint density at radius 2 is 2.41 bits per heavy atom. The first-order chi connectivity index (χ1) is 8.06. The van der Waals surface area contributed by atoms with Crippen molar-refractivity contribution in [2.75, 3.05) is 19.5 Å². The number of carbonyl (C=O) groups is 2. The van der Waals surface area contributed by atoms with Crippen LogP contribution < -0.4 is 5.73 Å². The minimum absolute atomic E-state index is 0.0507. The van der Waals surface area contributed by atoms with Gasteiger partial charge in [0.05, 0.1) is 6.61 Å². The molecule has 0 saturated carbocycles. The smallest absolute Gasteiger partial charge is 0.449 e. The molecule has 3 N–H and O–H groups in total. The highest BCUT2D eigenvalue weighted by Gasteiger charge is 2.51. The summed E-state index contributed by atoms with van der Waals surface area (Å²) in [5, 5.41) is 8.42. The zero-order valence-electron chi connectivity index (χ0n) is 9.08. The molecule has 17 heavy (non-hydrogen) atoms. The van der Waals surface area contributed by atoms with E-state index in [1.807, 2.05) is 0 Å². The van der Waals surface area contributed by atoms with Gasteiger partial charge in [-0.25, -0.2) is 4.79 Å². The van der Waals surface area contributed by atoms with E-state index in [4.69, 9.17) is 15.6 Å². The van der Waals surface area contributed by atoms with Gasteiger partial charge in [-0.2, -0.15) is 0 Å². The number of nitrogens with zero attached hydrogens (tertiary/aromatic N) is 1. The first-order valence-electron chi connectivity index (χ1n) is 4.88. The van der Waals surface area contributed by atoms with Crippen LogP contribution in [0.4, 0.5) is 4.79 Å². The number of fused-ring (bicyclic) bond motifs is 1. The maximum absolute atomic E-state index is 11.6. The van der Waals surface area contributed by atoms with Crippen molar-refractivity contribution in [2.45, 2.75) is 11.4 Å². The molecule has 0 radical (unpaired) electrons. The van der Waals surface area contributed by atoms with E-state index in [-0.39, 0.29) is 23.8 Å². The van der Waals surface area contributed by atoms with Crippen molar-refractivity contribution in [3.05, 3.63) is 11.5 Å². The molecule has 2 rings (SSSR count). The minimum atomic E-state index is -1.45. The van der Waals surface area contributed by atoms with Crippen LogP contribution in [0.5, 0.6) is 0 Å². The van der Waals surface area contributed by atoms with Crippen LogP contribution in [-0.2, 0) is 14.3 Å². The number of hydrogen-bond donors (Lipinski definition) is 2. The van der Waals surface area contributed by atoms with Crippen LogP contribution in [0.3, 0.4) is 0 Å². The zero-order chi connectivity index (χ0) is 12.6. The monoisotopic (exact) mass is 260 g/mol. The van der Waals surface area contributed by atoms with E-state index in [9.17, 15) is 9.59 Å². The van der Waals surface area contributed by atoms with Crippen LogP contribution in [-0.4, -0.2) is 53.0 Å². The molecular formula is C9H12N2O5S. The van der Waals surface area contributed by atoms with Gasteiger partial charge in [-0.3, -0.25) is 9.69 Å². The number of ether oxygens (including phenoxy) is 2. The molecule has 2 aliphatic rings. The van der Waals surface area contributed by atoms with Crippen molar-refractivity contribution < 1.29 is 24.2 Å². The average molecular weight is 260 g/mol. The van der Waals surface area contributed by atoms with E-state index in [1.54, 1.807) is 0 Å². The second kappa shape index (κ2) is 4.55. The van der Waals surface area contributed by atoms with Gasteiger partial charge >= 0.3 is 6.16 Å². The molecule has 1 unspecified atom stereocenters. The molecule has 0 aromatic heterocycles. The summed E-state index contributed by atoms with van der Waals surface area (Å²) in [5.41, 5.74) is 6.26. The van der Waals surface area contributed by atoms with Gasteiger partial charge in [-0.05, 0) is 0 Å². The molecule has 0 aromatic carbocycles. The predicted octanol–water partition coefficient (Wildman–Crippen LogP) is -0.219. The van der Waals surface area contributed by atoms with E-state index in [0.717, 1.165) is 0 Å². The number of thioether (sulfide) groups is 1. The lowest BCUT2D eigenvalue weighted by Crippen LogP contribution is -2.68. The first-order valence-corrected chi connectivity index (χ1v) is 5.93. The highest BCUT2D eigenvalue weighted by atomic mass is 32.2. The fraction of sp³-hybridized carbons (Fsp3) is 0.556. The highest BCUT2D eigenvalue weighted by Crippen LogP contribution is 2.39. The lowest BCUT2D eigenvalue weighted by Gasteiger charge is -2.47. The molecule has 1 fully saturated rings. The summed E-state index contributed by atoms with van der Waals surface area (Å²) >= 11 is 1.47. The van der Waals surface area contributed by atoms with E-state index < -0.39 is 12.2 Å². The fourth-order valence-corrected chi connectivity index (χ4v) is 3.03. The van der Waals surface area contributed by atoms with Crippen molar-refractivity contribution in [3.8, 4) is 0 Å². The van der Waals surface area contributed by atoms with Crippen molar-refractivity contribution in [1.29, 1.82) is 0 Å². The van der Waals surface area contributed by atoms with Crippen LogP contribution in [0.1, 0.15) is 0 Å². The third kappa shape index (κ3) is 1.99. The molecular weight excluding hydrogens is 248 g/mol. The molecule has 7 nitrogen and oxygen atoms in total. The normalized spacial score (nSPS) is 27.6. The summed E-state index contributed by atoms with van der Waals surface area (Å²) in [5.74, 6) is 0.264. The summed E-state index contributed by atoms with van der Waals surface area (Å²) in [6, 6.07) is -0.587. The first kappa shape index (κ1) is 12.2. The van der Waals surface area contributed by atoms with Gasteiger partial charge in [0.15, 0.2) is 0 Å². The fourth-order valence-electron chi connectivity index (χ4n) is 1.78. The Kier molecular flexibility index (Phi) is 3.27. The molecule has 2 atom stereocenters. The van der Waals surface area contributed by atoms with E-state index in [0.29, 0.717) is 11.3 Å². The third-order valence-corrected chi connectivity index (χ3v) is 3.90. The van der Waals surface area contributed by atoms with Gasteiger partial charge in [0, 0.05) is 18.4 Å². The topological polar surface area (TPSA) is 102 Å². The Morgan fingerprint density at radius 3 is 3.00 bits per heavy atom. The number of carbonyl (C=O) groups excluding carboxylic acids is 1. The Morgan fingerprint density at radius 1 is 1.71 bits per heavy atom. The Bertz CT molecular complexity index is 397. The number of carboxylic acid groups (broad SMARTS) is 1. The molecule has 2 heterocycles. The lowest BCUT2D eigenvalue weighted by molar-refractivity contribution is -0.144. The van der Waals surface area contributed by atoms with Crippen LogP contribution in [0, 0.1) is 0 Å². The number of hydrogen-bond acceptors (Lipinski definition) is 6. The van der Waals surface area contributed by atoms with Gasteiger partial charge in [0.2, 0.25) is 11.8 Å². The quantitative estimate of drug-likeness (QED) is 0.534. The summed E-state index contributed by atoms with van der Waals surface area (Å²) in [7, 11) is 1.49. The van der Waals surface area contributed by atoms with Crippen LogP contribution >= 0.6 is 11.8 Å². The third-order valence-electron chi connectivity index (χ3n) is 2.54. The van der Waals surface area contributed by atoms with Crippen molar-refractivity contribution in [1.82, 2.24) is 4.90 Å². The second-order valence-electron chi connectivity index (χ2n) is 3.65. The highest BCUT2D eigenvalue weighted by molar-refractivity contribution is 8.00. The van der Waals surface area contributed by atoms with Gasteiger partial charge < -0.3 is 20.3 Å². The largest absolute Gasteiger partial charge is 0.512 e. The standard InChI is InChI=1S/C9H12N2O5S/c1-15-2-4-3-17-8-5(10)6(12)11(8)7(4)16-9(13)14/h5,8H,2-3,10H2,1H3,(H,13,14)/t5?,8-/m0/s1. The van der Waals surface area contributed by atoms with E-state index in [2.05, 4.69) is 4.74 Å². The average Bonchev–Trinajstić information content (AvgIpc) is 2.29. The van der Waals surface area contributed by atoms with Gasteiger partial charge in [0.25, 0.3) is 0 Å². The summed E-state index contributed by atoms with van der Waals surface area (Å²) in [6.45, 7) is 0.224. The van der Waals surface area contributed by atoms with Crippen molar-refractivity contribution in [3.63, 3.8) is 0 Å². The molecule has 0 aromatic rings. The van der Waals surface area contributed by atoms with Crippen LogP contribution in [0.2, 0.25) is 0 Å². The molecule has 0 spiro atoms. The number of nitrogens with two attached hydrogens (primary N) is 1. The summed E-state index contributed by atoms with van der Waals surface area (Å²) in [4.78, 5) is 23.5. The van der Waals surface area contributed by atoms with Crippen molar-refractivity contribution in [2.24, 2.45) is 5.73 Å². The Balaban J connectivity index is 2.27.